The predicted octanol–water partition coefficient (Wildman–Crippen LogP) is 3.59. The fourth-order valence-electron chi connectivity index (χ4n) is 1.51. The fraction of sp³-hybridized carbons (Fsp3) is 0.500. The number of hydrogen-bond donors (Lipinski definition) is 1. The Morgan fingerprint density at radius 3 is 2.56 bits per heavy atom. The monoisotopic (exact) mass is 231 g/mol. The summed E-state index contributed by atoms with van der Waals surface area (Å²) >= 11 is 0. The van der Waals surface area contributed by atoms with E-state index in [9.17, 15) is 13.2 Å². The van der Waals surface area contributed by atoms with Gasteiger partial charge in [0.2, 0.25) is 0 Å². The zero-order chi connectivity index (χ0) is 12.2. The lowest BCUT2D eigenvalue weighted by atomic mass is 10.0. The number of alkyl halides is 3. The average Bonchev–Trinajstić information content (AvgIpc) is 2.24. The molecule has 4 heteroatoms. The van der Waals surface area contributed by atoms with E-state index in [2.05, 4.69) is 0 Å². The van der Waals surface area contributed by atoms with Crippen LogP contribution in [0.4, 0.5) is 13.2 Å². The van der Waals surface area contributed by atoms with Crippen molar-refractivity contribution in [1.82, 2.24) is 0 Å². The first-order valence-corrected chi connectivity index (χ1v) is 5.36. The van der Waals surface area contributed by atoms with Crippen LogP contribution in [-0.4, -0.2) is 6.18 Å². The van der Waals surface area contributed by atoms with E-state index in [4.69, 9.17) is 5.73 Å². The van der Waals surface area contributed by atoms with Gasteiger partial charge in [-0.3, -0.25) is 0 Å². The second kappa shape index (κ2) is 5.34. The van der Waals surface area contributed by atoms with Crippen molar-refractivity contribution in [2.24, 2.45) is 5.73 Å². The molecule has 0 heterocycles. The van der Waals surface area contributed by atoms with E-state index >= 15 is 0 Å². The number of nitrogens with two attached hydrogens (primary N) is 1. The second-order valence-electron chi connectivity index (χ2n) is 3.87. The van der Waals surface area contributed by atoms with Gasteiger partial charge >= 0.3 is 6.18 Å². The number of unbranched alkanes of at least 4 members (excludes halogenated alkanes) is 1. The molecule has 0 aliphatic carbocycles. The highest BCUT2D eigenvalue weighted by molar-refractivity contribution is 5.26. The summed E-state index contributed by atoms with van der Waals surface area (Å²) in [6.07, 6.45) is -1.57. The van der Waals surface area contributed by atoms with Gasteiger partial charge in [0.05, 0.1) is 0 Å². The van der Waals surface area contributed by atoms with Gasteiger partial charge in [0, 0.05) is 0 Å². The van der Waals surface area contributed by atoms with Gasteiger partial charge in [-0.2, -0.15) is 13.2 Å². The van der Waals surface area contributed by atoms with Crippen LogP contribution in [0.3, 0.4) is 0 Å². The quantitative estimate of drug-likeness (QED) is 0.841. The standard InChI is InChI=1S/C12H16F3N/c1-2-3-5-9-6-4-7-10(8-9)11(16)12(13,14)15/h4,6-8,11H,2-3,5,16H2,1H3/t11-/m0/s1. The van der Waals surface area contributed by atoms with Crippen molar-refractivity contribution in [3.8, 4) is 0 Å². The van der Waals surface area contributed by atoms with Crippen LogP contribution in [0.25, 0.3) is 0 Å². The molecule has 1 atom stereocenters. The van der Waals surface area contributed by atoms with Crippen molar-refractivity contribution in [1.29, 1.82) is 0 Å². The van der Waals surface area contributed by atoms with E-state index < -0.39 is 12.2 Å². The van der Waals surface area contributed by atoms with Gasteiger partial charge in [0.25, 0.3) is 0 Å². The maximum atomic E-state index is 12.4. The Bertz CT molecular complexity index is 333. The summed E-state index contributed by atoms with van der Waals surface area (Å²) in [6, 6.07) is 4.56. The van der Waals surface area contributed by atoms with E-state index in [1.165, 1.54) is 6.07 Å². The Balaban J connectivity index is 2.81. The molecule has 0 aliphatic rings. The zero-order valence-electron chi connectivity index (χ0n) is 9.22. The molecule has 0 amide bonds. The van der Waals surface area contributed by atoms with Crippen LogP contribution in [-0.2, 0) is 6.42 Å². The van der Waals surface area contributed by atoms with Gasteiger partial charge in [-0.15, -0.1) is 0 Å². The molecule has 0 bridgehead atoms. The molecule has 1 aromatic rings. The van der Waals surface area contributed by atoms with Gasteiger partial charge < -0.3 is 5.73 Å². The minimum absolute atomic E-state index is 0.140. The highest BCUT2D eigenvalue weighted by Gasteiger charge is 2.37. The molecule has 0 aromatic heterocycles. The van der Waals surface area contributed by atoms with Gasteiger partial charge in [-0.25, -0.2) is 0 Å². The Morgan fingerprint density at radius 1 is 1.31 bits per heavy atom. The lowest BCUT2D eigenvalue weighted by molar-refractivity contribution is -0.149. The van der Waals surface area contributed by atoms with Crippen LogP contribution in [0.15, 0.2) is 24.3 Å². The summed E-state index contributed by atoms with van der Waals surface area (Å²) in [5.41, 5.74) is 6.20. The molecule has 0 radical (unpaired) electrons. The highest BCUT2D eigenvalue weighted by Crippen LogP contribution is 2.30. The Hall–Kier alpha value is -1.03. The normalized spacial score (nSPS) is 13.8. The highest BCUT2D eigenvalue weighted by atomic mass is 19.4. The van der Waals surface area contributed by atoms with Crippen LogP contribution in [0.2, 0.25) is 0 Å². The topological polar surface area (TPSA) is 26.0 Å². The smallest absolute Gasteiger partial charge is 0.316 e. The SMILES string of the molecule is CCCCc1cccc([C@H](N)C(F)(F)F)c1. The molecule has 1 aromatic carbocycles. The first-order valence-electron chi connectivity index (χ1n) is 5.36. The van der Waals surface area contributed by atoms with Crippen molar-refractivity contribution in [3.05, 3.63) is 35.4 Å². The maximum absolute atomic E-state index is 12.4. The molecule has 0 saturated carbocycles. The predicted molar refractivity (Wildman–Crippen MR) is 58.0 cm³/mol. The molecular weight excluding hydrogens is 215 g/mol. The number of aryl methyl sites for hydroxylation is 1. The minimum Gasteiger partial charge on any atom is -0.316 e. The van der Waals surface area contributed by atoms with Crippen LogP contribution >= 0.6 is 0 Å². The maximum Gasteiger partial charge on any atom is 0.407 e. The summed E-state index contributed by atoms with van der Waals surface area (Å²) in [6.45, 7) is 2.05. The van der Waals surface area contributed by atoms with Crippen molar-refractivity contribution < 1.29 is 13.2 Å². The molecule has 2 N–H and O–H groups in total. The lowest BCUT2D eigenvalue weighted by Crippen LogP contribution is -2.28. The molecule has 0 fully saturated rings. The van der Waals surface area contributed by atoms with E-state index in [-0.39, 0.29) is 5.56 Å². The van der Waals surface area contributed by atoms with E-state index in [1.807, 2.05) is 13.0 Å². The number of rotatable bonds is 4. The molecule has 90 valence electrons. The molecule has 0 unspecified atom stereocenters. The fourth-order valence-corrected chi connectivity index (χ4v) is 1.51. The zero-order valence-corrected chi connectivity index (χ0v) is 9.22. The third kappa shape index (κ3) is 3.52. The van der Waals surface area contributed by atoms with Gasteiger partial charge in [-0.05, 0) is 24.0 Å². The van der Waals surface area contributed by atoms with E-state index in [1.54, 1.807) is 12.1 Å². The first-order chi connectivity index (χ1) is 7.45. The Morgan fingerprint density at radius 2 is 2.00 bits per heavy atom. The Labute approximate surface area is 93.5 Å². The van der Waals surface area contributed by atoms with Crippen molar-refractivity contribution in [3.63, 3.8) is 0 Å². The summed E-state index contributed by atoms with van der Waals surface area (Å²) in [4.78, 5) is 0. The van der Waals surface area contributed by atoms with Crippen molar-refractivity contribution >= 4 is 0 Å². The lowest BCUT2D eigenvalue weighted by Gasteiger charge is -2.16. The molecule has 0 spiro atoms. The number of hydrogen-bond acceptors (Lipinski definition) is 1. The third-order valence-electron chi connectivity index (χ3n) is 2.48. The molecule has 1 rings (SSSR count). The molecule has 16 heavy (non-hydrogen) atoms. The van der Waals surface area contributed by atoms with Gasteiger partial charge in [0.1, 0.15) is 6.04 Å². The largest absolute Gasteiger partial charge is 0.407 e. The van der Waals surface area contributed by atoms with Crippen LogP contribution < -0.4 is 5.73 Å². The molecule has 0 aliphatic heterocycles. The van der Waals surface area contributed by atoms with Crippen LogP contribution in [0, 0.1) is 0 Å². The summed E-state index contributed by atoms with van der Waals surface area (Å²) in [7, 11) is 0. The van der Waals surface area contributed by atoms with Crippen LogP contribution in [0.1, 0.15) is 36.9 Å². The molecule has 0 saturated heterocycles. The first kappa shape index (κ1) is 13.0. The summed E-state index contributed by atoms with van der Waals surface area (Å²) < 4.78 is 37.2. The van der Waals surface area contributed by atoms with Gasteiger partial charge in [-0.1, -0.05) is 37.6 Å². The third-order valence-corrected chi connectivity index (χ3v) is 2.48. The number of halogens is 3. The molecule has 1 nitrogen and oxygen atoms in total. The minimum atomic E-state index is -4.37. The van der Waals surface area contributed by atoms with Crippen molar-refractivity contribution in [2.45, 2.75) is 38.4 Å². The summed E-state index contributed by atoms with van der Waals surface area (Å²) in [5, 5.41) is 0. The van der Waals surface area contributed by atoms with E-state index in [0.29, 0.717) is 0 Å². The second-order valence-corrected chi connectivity index (χ2v) is 3.87. The van der Waals surface area contributed by atoms with Crippen LogP contribution in [0.5, 0.6) is 0 Å². The molecular formula is C12H16F3N. The van der Waals surface area contributed by atoms with Crippen molar-refractivity contribution in [2.75, 3.05) is 0 Å². The summed E-state index contributed by atoms with van der Waals surface area (Å²) in [5.74, 6) is 0. The Kier molecular flexibility index (Phi) is 4.35. The number of benzene rings is 1. The van der Waals surface area contributed by atoms with E-state index in [0.717, 1.165) is 24.8 Å². The average molecular weight is 231 g/mol. The van der Waals surface area contributed by atoms with Gasteiger partial charge in [0.15, 0.2) is 0 Å².